The molecule has 1 fully saturated rings. The van der Waals surface area contributed by atoms with Gasteiger partial charge in [-0.2, -0.15) is 15.3 Å². The molecular weight excluding hydrogens is 404 g/mol. The van der Waals surface area contributed by atoms with Crippen LogP contribution in [0.4, 0.5) is 14.5 Å². The second kappa shape index (κ2) is 7.86. The van der Waals surface area contributed by atoms with E-state index < -0.39 is 11.8 Å². The monoisotopic (exact) mass is 425 g/mol. The van der Waals surface area contributed by atoms with E-state index in [-0.39, 0.29) is 24.7 Å². The number of nitrogens with one attached hydrogen (secondary N) is 1. The van der Waals surface area contributed by atoms with Crippen LogP contribution in [0.25, 0.3) is 5.52 Å². The van der Waals surface area contributed by atoms with Crippen molar-refractivity contribution in [2.75, 3.05) is 11.9 Å². The highest BCUT2D eigenvalue weighted by Crippen LogP contribution is 2.48. The number of amides is 1. The summed E-state index contributed by atoms with van der Waals surface area (Å²) in [5.74, 6) is 1.82. The number of anilines is 1. The van der Waals surface area contributed by atoms with E-state index in [4.69, 9.17) is 5.84 Å². The maximum absolute atomic E-state index is 13.0. The van der Waals surface area contributed by atoms with E-state index in [1.165, 1.54) is 6.20 Å². The third-order valence-electron chi connectivity index (χ3n) is 5.28. The smallest absolute Gasteiger partial charge is 0.259 e. The van der Waals surface area contributed by atoms with E-state index in [1.54, 1.807) is 22.8 Å². The number of nitrogens with two attached hydrogens (primary N) is 1. The lowest BCUT2D eigenvalue weighted by molar-refractivity contribution is 0.100. The zero-order valence-corrected chi connectivity index (χ0v) is 17.0. The molecule has 160 valence electrons. The van der Waals surface area contributed by atoms with Crippen LogP contribution in [0.15, 0.2) is 58.1 Å². The number of pyridine rings is 1. The van der Waals surface area contributed by atoms with Crippen molar-refractivity contribution in [1.82, 2.24) is 9.61 Å². The highest BCUT2D eigenvalue weighted by atomic mass is 19.3. The van der Waals surface area contributed by atoms with Crippen molar-refractivity contribution in [3.63, 3.8) is 0 Å². The van der Waals surface area contributed by atoms with E-state index in [0.717, 1.165) is 11.1 Å². The Kier molecular flexibility index (Phi) is 5.22. The second-order valence-electron chi connectivity index (χ2n) is 7.56. The predicted molar refractivity (Wildman–Crippen MR) is 113 cm³/mol. The van der Waals surface area contributed by atoms with E-state index in [0.29, 0.717) is 22.3 Å². The number of hydrazone groups is 1. The van der Waals surface area contributed by atoms with Crippen molar-refractivity contribution in [3.8, 4) is 0 Å². The zero-order chi connectivity index (χ0) is 22.2. The maximum atomic E-state index is 13.0. The minimum Gasteiger partial charge on any atom is -0.322 e. The van der Waals surface area contributed by atoms with Crippen molar-refractivity contribution < 1.29 is 13.6 Å². The lowest BCUT2D eigenvalue weighted by atomic mass is 10.0. The molecule has 4 rings (SSSR count). The number of amidine groups is 1. The first-order valence-electron chi connectivity index (χ1n) is 9.68. The molecule has 3 aromatic rings. The molecule has 0 saturated heterocycles. The van der Waals surface area contributed by atoms with Gasteiger partial charge in [-0.1, -0.05) is 12.1 Å². The van der Waals surface area contributed by atoms with E-state index in [2.05, 4.69) is 25.7 Å². The van der Waals surface area contributed by atoms with Crippen molar-refractivity contribution in [1.29, 1.82) is 0 Å². The van der Waals surface area contributed by atoms with Crippen LogP contribution in [0.2, 0.25) is 0 Å². The van der Waals surface area contributed by atoms with Gasteiger partial charge in [0, 0.05) is 29.8 Å². The quantitative estimate of drug-likeness (QED) is 0.212. The van der Waals surface area contributed by atoms with Crippen LogP contribution < -0.4 is 11.2 Å². The summed E-state index contributed by atoms with van der Waals surface area (Å²) in [5, 5.41) is 18.5. The van der Waals surface area contributed by atoms with Gasteiger partial charge in [-0.3, -0.25) is 4.79 Å². The summed E-state index contributed by atoms with van der Waals surface area (Å²) in [6, 6.07) is 9.01. The second-order valence-corrected chi connectivity index (χ2v) is 7.56. The van der Waals surface area contributed by atoms with E-state index in [9.17, 15) is 13.6 Å². The van der Waals surface area contributed by atoms with Crippen LogP contribution in [0, 0.1) is 19.8 Å². The molecule has 31 heavy (non-hydrogen) atoms. The maximum Gasteiger partial charge on any atom is 0.259 e. The summed E-state index contributed by atoms with van der Waals surface area (Å²) >= 11 is 0. The van der Waals surface area contributed by atoms with Gasteiger partial charge in [-0.25, -0.2) is 13.3 Å². The molecule has 0 radical (unpaired) electrons. The number of alkyl halides is 2. The summed E-state index contributed by atoms with van der Waals surface area (Å²) in [6.07, 6.45) is 3.09. The molecule has 1 aliphatic carbocycles. The third kappa shape index (κ3) is 4.14. The van der Waals surface area contributed by atoms with Crippen molar-refractivity contribution in [2.24, 2.45) is 27.1 Å². The van der Waals surface area contributed by atoms with Crippen molar-refractivity contribution >= 4 is 22.9 Å². The molecule has 1 saturated carbocycles. The zero-order valence-electron chi connectivity index (χ0n) is 17.0. The van der Waals surface area contributed by atoms with Gasteiger partial charge in [0.1, 0.15) is 0 Å². The van der Waals surface area contributed by atoms with Crippen LogP contribution >= 0.6 is 0 Å². The number of aromatic nitrogens is 2. The first-order valence-corrected chi connectivity index (χ1v) is 9.68. The number of nitrogens with zero attached hydrogens (tertiary/aromatic N) is 5. The largest absolute Gasteiger partial charge is 0.322 e. The lowest BCUT2D eigenvalue weighted by Gasteiger charge is -2.12. The van der Waals surface area contributed by atoms with Crippen LogP contribution in [0.5, 0.6) is 0 Å². The fourth-order valence-corrected chi connectivity index (χ4v) is 3.35. The molecule has 3 N–H and O–H groups in total. The number of rotatable bonds is 5. The average Bonchev–Trinajstić information content (AvgIpc) is 3.14. The van der Waals surface area contributed by atoms with Gasteiger partial charge < -0.3 is 11.2 Å². The molecule has 0 aliphatic heterocycles. The first-order chi connectivity index (χ1) is 14.8. The van der Waals surface area contributed by atoms with Crippen LogP contribution in [-0.4, -0.2) is 33.8 Å². The Hall–Kier alpha value is -3.69. The lowest BCUT2D eigenvalue weighted by Crippen LogP contribution is -2.14. The molecule has 1 atom stereocenters. The highest BCUT2D eigenvalue weighted by Gasteiger charge is 2.56. The average molecular weight is 425 g/mol. The van der Waals surface area contributed by atoms with Gasteiger partial charge in [-0.05, 0) is 43.2 Å². The summed E-state index contributed by atoms with van der Waals surface area (Å²) in [7, 11) is 0. The molecule has 0 bridgehead atoms. The molecule has 1 aromatic carbocycles. The topological polar surface area (TPSA) is 109 Å². The molecular formula is C21H21F2N7O. The Balaban J connectivity index is 1.57. The predicted octanol–water partition coefficient (Wildman–Crippen LogP) is 3.93. The number of halogens is 2. The summed E-state index contributed by atoms with van der Waals surface area (Å²) in [5.41, 5.74) is 3.85. The SMILES string of the molecule is Cc1cc(C)c(/C(N=NCC2CC2(F)F)=N/N)cc1NC(=O)c1cnn2ccccc12. The number of carbonyl (C=O) groups is 1. The molecule has 10 heteroatoms. The van der Waals surface area contributed by atoms with Crippen LogP contribution in [0.1, 0.15) is 33.5 Å². The number of azo groups is 1. The first kappa shape index (κ1) is 20.6. The van der Waals surface area contributed by atoms with Gasteiger partial charge in [0.25, 0.3) is 11.8 Å². The highest BCUT2D eigenvalue weighted by molar-refractivity contribution is 6.10. The number of hydrogen-bond donors (Lipinski definition) is 2. The number of hydrogen-bond acceptors (Lipinski definition) is 5. The fraction of sp³-hybridized carbons (Fsp3) is 0.286. The van der Waals surface area contributed by atoms with Gasteiger partial charge in [0.05, 0.1) is 23.8 Å². The third-order valence-corrected chi connectivity index (χ3v) is 5.28. The minimum absolute atomic E-state index is 0.0880. The van der Waals surface area contributed by atoms with Crippen LogP contribution in [-0.2, 0) is 0 Å². The van der Waals surface area contributed by atoms with Gasteiger partial charge >= 0.3 is 0 Å². The Labute approximate surface area is 176 Å². The van der Waals surface area contributed by atoms with Crippen LogP contribution in [0.3, 0.4) is 0 Å². The number of carbonyl (C=O) groups excluding carboxylic acids is 1. The standard InChI is InChI=1S/C21H21F2N7O/c1-12-7-13(2)17(27-20(31)16-11-26-30-6-4-3-5-18(16)30)8-15(12)19(28-24)29-25-10-14-9-21(14,22)23/h3-8,11,14H,9-10,24H2,1-2H3,(H,27,31)/b28-19-,29-25?. The Morgan fingerprint density at radius 2 is 2.06 bits per heavy atom. The molecule has 2 heterocycles. The molecule has 1 amide bonds. The van der Waals surface area contributed by atoms with Gasteiger partial charge in [0.15, 0.2) is 5.84 Å². The van der Waals surface area contributed by atoms with E-state index >= 15 is 0 Å². The number of fused-ring (bicyclic) bond motifs is 1. The van der Waals surface area contributed by atoms with Gasteiger partial charge in [0.2, 0.25) is 0 Å². The summed E-state index contributed by atoms with van der Waals surface area (Å²) in [6.45, 7) is 3.61. The molecule has 0 spiro atoms. The molecule has 2 aromatic heterocycles. The fourth-order valence-electron chi connectivity index (χ4n) is 3.35. The molecule has 8 nitrogen and oxygen atoms in total. The summed E-state index contributed by atoms with van der Waals surface area (Å²) < 4.78 is 27.7. The van der Waals surface area contributed by atoms with Gasteiger partial charge in [-0.15, -0.1) is 5.11 Å². The Bertz CT molecular complexity index is 1220. The van der Waals surface area contributed by atoms with Crippen molar-refractivity contribution in [2.45, 2.75) is 26.2 Å². The number of aryl methyl sites for hydroxylation is 2. The molecule has 1 unspecified atom stereocenters. The number of benzene rings is 1. The minimum atomic E-state index is -2.66. The van der Waals surface area contributed by atoms with E-state index in [1.807, 2.05) is 32.0 Å². The normalized spacial score (nSPS) is 17.9. The van der Waals surface area contributed by atoms with Crippen molar-refractivity contribution in [3.05, 3.63) is 65.0 Å². The Morgan fingerprint density at radius 1 is 1.29 bits per heavy atom. The Morgan fingerprint density at radius 3 is 2.77 bits per heavy atom. The summed E-state index contributed by atoms with van der Waals surface area (Å²) in [4.78, 5) is 12.9. The molecule has 1 aliphatic rings.